The third-order valence-electron chi connectivity index (χ3n) is 3.01. The average Bonchev–Trinajstić information content (AvgIpc) is 2.64. The van der Waals surface area contributed by atoms with Crippen LogP contribution in [0.1, 0.15) is 0 Å². The van der Waals surface area contributed by atoms with E-state index in [0.717, 1.165) is 4.57 Å². The molecule has 0 aromatic carbocycles. The van der Waals surface area contributed by atoms with Gasteiger partial charge in [-0.25, -0.2) is 4.79 Å². The molecule has 1 fully saturated rings. The van der Waals surface area contributed by atoms with Gasteiger partial charge in [-0.3, -0.25) is 4.57 Å². The number of ether oxygens (including phenoxy) is 1. The molecule has 110 valence electrons. The Bertz CT molecular complexity index is 586. The molecule has 0 unspecified atom stereocenters. The minimum absolute atomic E-state index is 0. The van der Waals surface area contributed by atoms with Gasteiger partial charge in [0.2, 0.25) is 5.72 Å². The molecule has 5 N–H and O–H groups in total. The molecule has 0 bridgehead atoms. The number of anilines is 1. The molecule has 1 saturated heterocycles. The van der Waals surface area contributed by atoms with Crippen LogP contribution in [0.2, 0.25) is 0 Å². The van der Waals surface area contributed by atoms with Crippen LogP contribution in [0.3, 0.4) is 0 Å². The number of hydrogen-bond acceptors (Lipinski definition) is 7. The van der Waals surface area contributed by atoms with E-state index in [2.05, 4.69) is 10.9 Å². The number of hydrogen-bond donors (Lipinski definition) is 4. The van der Waals surface area contributed by atoms with E-state index >= 15 is 0 Å². The van der Waals surface area contributed by atoms with Crippen molar-refractivity contribution in [2.45, 2.75) is 24.0 Å². The van der Waals surface area contributed by atoms with Crippen molar-refractivity contribution >= 4 is 18.2 Å². The van der Waals surface area contributed by atoms with Crippen molar-refractivity contribution in [1.82, 2.24) is 9.55 Å². The topological polar surface area (TPSA) is 131 Å². The maximum absolute atomic E-state index is 11.8. The quantitative estimate of drug-likeness (QED) is 0.450. The Kier molecular flexibility index (Phi) is 4.75. The molecule has 0 aliphatic carbocycles. The van der Waals surface area contributed by atoms with Crippen LogP contribution < -0.4 is 11.4 Å². The average molecular weight is 304 g/mol. The number of aliphatic hydroxyl groups excluding tert-OH is 3. The summed E-state index contributed by atoms with van der Waals surface area (Å²) < 4.78 is 6.13. The first-order valence-corrected chi connectivity index (χ1v) is 5.44. The van der Waals surface area contributed by atoms with E-state index in [1.807, 2.05) is 0 Å². The zero-order valence-electron chi connectivity index (χ0n) is 10.2. The SMILES string of the molecule is C#C[C@@]1(n2ccc(N)nc2=O)O[C@H](CO)[C@@H](O)[C@H]1O.Cl. The molecule has 0 amide bonds. The van der Waals surface area contributed by atoms with Gasteiger partial charge in [0.1, 0.15) is 24.1 Å². The Labute approximate surface area is 120 Å². The van der Waals surface area contributed by atoms with Gasteiger partial charge in [0, 0.05) is 6.20 Å². The summed E-state index contributed by atoms with van der Waals surface area (Å²) >= 11 is 0. The second-order valence-electron chi connectivity index (χ2n) is 4.12. The van der Waals surface area contributed by atoms with E-state index in [4.69, 9.17) is 22.0 Å². The summed E-state index contributed by atoms with van der Waals surface area (Å²) in [5, 5.41) is 28.8. The first-order chi connectivity index (χ1) is 8.96. The fraction of sp³-hybridized carbons (Fsp3) is 0.455. The van der Waals surface area contributed by atoms with E-state index in [-0.39, 0.29) is 18.2 Å². The number of nitrogen functional groups attached to an aromatic ring is 1. The van der Waals surface area contributed by atoms with Crippen LogP contribution in [0.25, 0.3) is 0 Å². The van der Waals surface area contributed by atoms with Crippen molar-refractivity contribution in [3.05, 3.63) is 22.7 Å². The molecule has 1 aromatic heterocycles. The molecule has 20 heavy (non-hydrogen) atoms. The monoisotopic (exact) mass is 303 g/mol. The number of halogens is 1. The first kappa shape index (κ1) is 16.4. The van der Waals surface area contributed by atoms with Crippen LogP contribution in [0.5, 0.6) is 0 Å². The van der Waals surface area contributed by atoms with Crippen molar-refractivity contribution in [1.29, 1.82) is 0 Å². The number of nitrogens with two attached hydrogens (primary N) is 1. The Morgan fingerprint density at radius 2 is 2.25 bits per heavy atom. The van der Waals surface area contributed by atoms with E-state index in [9.17, 15) is 15.0 Å². The molecule has 1 aliphatic rings. The minimum atomic E-state index is -1.93. The summed E-state index contributed by atoms with van der Waals surface area (Å²) in [7, 11) is 0. The molecule has 1 aromatic rings. The lowest BCUT2D eigenvalue weighted by atomic mass is 10.0. The highest BCUT2D eigenvalue weighted by molar-refractivity contribution is 5.85. The Balaban J connectivity index is 0.00000200. The molecule has 1 aliphatic heterocycles. The van der Waals surface area contributed by atoms with Crippen molar-refractivity contribution < 1.29 is 20.1 Å². The van der Waals surface area contributed by atoms with Crippen LogP contribution >= 0.6 is 12.4 Å². The highest BCUT2D eigenvalue weighted by atomic mass is 35.5. The summed E-state index contributed by atoms with van der Waals surface area (Å²) in [6, 6.07) is 1.30. The Morgan fingerprint density at radius 1 is 1.60 bits per heavy atom. The van der Waals surface area contributed by atoms with E-state index in [1.165, 1.54) is 12.3 Å². The van der Waals surface area contributed by atoms with Crippen molar-refractivity contribution in [3.63, 3.8) is 0 Å². The maximum Gasteiger partial charge on any atom is 0.352 e. The van der Waals surface area contributed by atoms with Crippen molar-refractivity contribution in [3.8, 4) is 12.3 Å². The lowest BCUT2D eigenvalue weighted by molar-refractivity contribution is -0.107. The van der Waals surface area contributed by atoms with Gasteiger partial charge in [-0.15, -0.1) is 18.8 Å². The predicted molar refractivity (Wildman–Crippen MR) is 70.9 cm³/mol. The maximum atomic E-state index is 11.8. The molecule has 8 nitrogen and oxygen atoms in total. The smallest absolute Gasteiger partial charge is 0.352 e. The second-order valence-corrected chi connectivity index (χ2v) is 4.12. The molecule has 0 saturated carbocycles. The fourth-order valence-electron chi connectivity index (χ4n) is 2.01. The lowest BCUT2D eigenvalue weighted by Crippen LogP contribution is -2.49. The third-order valence-corrected chi connectivity index (χ3v) is 3.01. The van der Waals surface area contributed by atoms with Gasteiger partial charge < -0.3 is 25.8 Å². The third kappa shape index (κ3) is 2.26. The van der Waals surface area contributed by atoms with Crippen molar-refractivity contribution in [2.24, 2.45) is 0 Å². The number of terminal acetylenes is 1. The van der Waals surface area contributed by atoms with Crippen LogP contribution in [-0.4, -0.2) is 49.8 Å². The van der Waals surface area contributed by atoms with E-state index in [0.29, 0.717) is 0 Å². The minimum Gasteiger partial charge on any atom is -0.394 e. The standard InChI is InChI=1S/C11H13N3O5.ClH/c1-2-11(9(17)8(16)6(5-15)19-11)14-4-3-7(12)13-10(14)18;/h1,3-4,6,8-9,15-17H,5H2,(H2,12,13,18);1H/t6-,8-,9-,11-;/m1./s1. The molecule has 0 spiro atoms. The normalized spacial score (nSPS) is 32.4. The van der Waals surface area contributed by atoms with Gasteiger partial charge in [0.15, 0.2) is 0 Å². The largest absolute Gasteiger partial charge is 0.394 e. The van der Waals surface area contributed by atoms with Crippen LogP contribution in [-0.2, 0) is 10.5 Å². The van der Waals surface area contributed by atoms with Crippen LogP contribution in [0, 0.1) is 12.3 Å². The summed E-state index contributed by atoms with van der Waals surface area (Å²) in [6.07, 6.45) is 2.43. The Morgan fingerprint density at radius 3 is 2.70 bits per heavy atom. The lowest BCUT2D eigenvalue weighted by Gasteiger charge is -2.28. The molecule has 2 heterocycles. The van der Waals surface area contributed by atoms with Gasteiger partial charge in [-0.05, 0) is 12.0 Å². The highest BCUT2D eigenvalue weighted by Gasteiger charge is 2.55. The summed E-state index contributed by atoms with van der Waals surface area (Å²) in [6.45, 7) is -0.557. The van der Waals surface area contributed by atoms with Crippen molar-refractivity contribution in [2.75, 3.05) is 12.3 Å². The predicted octanol–water partition coefficient (Wildman–Crippen LogP) is -2.35. The highest BCUT2D eigenvalue weighted by Crippen LogP contribution is 2.34. The number of nitrogens with zero attached hydrogens (tertiary/aromatic N) is 2. The van der Waals surface area contributed by atoms with Gasteiger partial charge in [-0.2, -0.15) is 4.98 Å². The second kappa shape index (κ2) is 5.78. The molecular weight excluding hydrogens is 290 g/mol. The molecule has 9 heteroatoms. The number of aromatic nitrogens is 2. The zero-order chi connectivity index (χ0) is 14.2. The van der Waals surface area contributed by atoms with Crippen LogP contribution in [0.15, 0.2) is 17.1 Å². The van der Waals surface area contributed by atoms with Gasteiger partial charge in [0.25, 0.3) is 0 Å². The molecule has 0 radical (unpaired) electrons. The van der Waals surface area contributed by atoms with E-state index < -0.39 is 36.3 Å². The molecule has 2 rings (SSSR count). The zero-order valence-corrected chi connectivity index (χ0v) is 11.0. The summed E-state index contributed by atoms with van der Waals surface area (Å²) in [5.74, 6) is 2.12. The number of aliphatic hydroxyl groups is 3. The summed E-state index contributed by atoms with van der Waals surface area (Å²) in [5.41, 5.74) is 2.60. The van der Waals surface area contributed by atoms with Crippen LogP contribution in [0.4, 0.5) is 5.82 Å². The number of rotatable bonds is 2. The summed E-state index contributed by atoms with van der Waals surface area (Å²) in [4.78, 5) is 15.3. The van der Waals surface area contributed by atoms with E-state index in [1.54, 1.807) is 0 Å². The van der Waals surface area contributed by atoms with Gasteiger partial charge in [0.05, 0.1) is 6.61 Å². The van der Waals surface area contributed by atoms with Gasteiger partial charge >= 0.3 is 5.69 Å². The molecule has 4 atom stereocenters. The first-order valence-electron chi connectivity index (χ1n) is 5.44. The fourth-order valence-corrected chi connectivity index (χ4v) is 2.01. The molecular formula is C11H14ClN3O5. The Hall–Kier alpha value is -1.63. The van der Waals surface area contributed by atoms with Gasteiger partial charge in [-0.1, -0.05) is 0 Å².